The largest absolute Gasteiger partial charge is 0.293 e. The third kappa shape index (κ3) is 4.00. The standard InChI is InChI=1S/C11H15ClN2O3S2/c1-19(16,17)14-6-4-13(5-7-14)8-9(15)10-2-3-11(12)18-10/h2-3H,4-8H2,1H3. The number of carbonyl (C=O) groups is 1. The van der Waals surface area contributed by atoms with Crippen molar-refractivity contribution in [2.24, 2.45) is 0 Å². The van der Waals surface area contributed by atoms with Gasteiger partial charge in [-0.15, -0.1) is 11.3 Å². The van der Waals surface area contributed by atoms with E-state index >= 15 is 0 Å². The summed E-state index contributed by atoms with van der Waals surface area (Å²) in [6.45, 7) is 2.36. The summed E-state index contributed by atoms with van der Waals surface area (Å²) in [6.07, 6.45) is 1.21. The van der Waals surface area contributed by atoms with Crippen LogP contribution in [0, 0.1) is 0 Å². The van der Waals surface area contributed by atoms with Crippen LogP contribution >= 0.6 is 22.9 Å². The van der Waals surface area contributed by atoms with Crippen molar-refractivity contribution >= 4 is 38.7 Å². The summed E-state index contributed by atoms with van der Waals surface area (Å²) in [7, 11) is -3.12. The molecule has 0 unspecified atom stereocenters. The summed E-state index contributed by atoms with van der Waals surface area (Å²) in [6, 6.07) is 3.43. The molecule has 2 heterocycles. The van der Waals surface area contributed by atoms with Gasteiger partial charge in [0.1, 0.15) is 0 Å². The molecule has 0 aromatic carbocycles. The molecule has 1 aromatic heterocycles. The summed E-state index contributed by atoms with van der Waals surface area (Å²) in [5.74, 6) is 0.0321. The topological polar surface area (TPSA) is 57.7 Å². The molecule has 2 rings (SSSR count). The normalized spacial score (nSPS) is 18.6. The molecule has 0 spiro atoms. The number of rotatable bonds is 4. The van der Waals surface area contributed by atoms with Crippen LogP contribution in [0.2, 0.25) is 4.34 Å². The summed E-state index contributed by atoms with van der Waals surface area (Å²) in [5, 5.41) is 0. The predicted octanol–water partition coefficient (Wildman–Crippen LogP) is 1.16. The van der Waals surface area contributed by atoms with E-state index < -0.39 is 10.0 Å². The Kier molecular flexibility index (Phi) is 4.62. The molecule has 1 fully saturated rings. The van der Waals surface area contributed by atoms with Gasteiger partial charge in [-0.1, -0.05) is 11.6 Å². The summed E-state index contributed by atoms with van der Waals surface area (Å²) >= 11 is 7.07. The average molecular weight is 323 g/mol. The van der Waals surface area contributed by atoms with E-state index in [-0.39, 0.29) is 5.78 Å². The number of nitrogens with zero attached hydrogens (tertiary/aromatic N) is 2. The van der Waals surface area contributed by atoms with E-state index in [1.807, 2.05) is 4.90 Å². The van der Waals surface area contributed by atoms with Crippen LogP contribution in [0.5, 0.6) is 0 Å². The van der Waals surface area contributed by atoms with Gasteiger partial charge in [0.2, 0.25) is 10.0 Å². The molecule has 0 amide bonds. The molecule has 0 atom stereocenters. The van der Waals surface area contributed by atoms with Gasteiger partial charge in [-0.25, -0.2) is 8.42 Å². The molecule has 5 nitrogen and oxygen atoms in total. The molecular formula is C11H15ClN2O3S2. The molecule has 8 heteroatoms. The van der Waals surface area contributed by atoms with Gasteiger partial charge >= 0.3 is 0 Å². The highest BCUT2D eigenvalue weighted by Gasteiger charge is 2.24. The zero-order valence-electron chi connectivity index (χ0n) is 10.5. The molecule has 0 aliphatic carbocycles. The Morgan fingerprint density at radius 3 is 2.42 bits per heavy atom. The van der Waals surface area contributed by atoms with Crippen molar-refractivity contribution < 1.29 is 13.2 Å². The van der Waals surface area contributed by atoms with Crippen molar-refractivity contribution in [2.45, 2.75) is 0 Å². The van der Waals surface area contributed by atoms with Gasteiger partial charge in [0, 0.05) is 26.2 Å². The minimum atomic E-state index is -3.12. The highest BCUT2D eigenvalue weighted by molar-refractivity contribution is 7.88. The smallest absolute Gasteiger partial charge is 0.211 e. The number of piperazine rings is 1. The third-order valence-corrected chi connectivity index (χ3v) is 5.59. The number of thiophene rings is 1. The van der Waals surface area contributed by atoms with Crippen molar-refractivity contribution in [2.75, 3.05) is 39.0 Å². The van der Waals surface area contributed by atoms with Crippen molar-refractivity contribution in [3.63, 3.8) is 0 Å². The van der Waals surface area contributed by atoms with E-state index in [1.54, 1.807) is 12.1 Å². The van der Waals surface area contributed by atoms with Gasteiger partial charge in [0.25, 0.3) is 0 Å². The molecule has 1 aromatic rings. The van der Waals surface area contributed by atoms with Crippen LogP contribution in [0.15, 0.2) is 12.1 Å². The number of Topliss-reactive ketones (excluding diaryl/α,β-unsaturated/α-hetero) is 1. The van der Waals surface area contributed by atoms with E-state index in [2.05, 4.69) is 0 Å². The van der Waals surface area contributed by atoms with Gasteiger partial charge < -0.3 is 0 Å². The molecule has 0 bridgehead atoms. The van der Waals surface area contributed by atoms with Gasteiger partial charge in [0.15, 0.2) is 5.78 Å². The lowest BCUT2D eigenvalue weighted by atomic mass is 10.2. The fourth-order valence-electron chi connectivity index (χ4n) is 1.96. The van der Waals surface area contributed by atoms with Gasteiger partial charge in [-0.2, -0.15) is 4.31 Å². The van der Waals surface area contributed by atoms with Crippen LogP contribution in [0.3, 0.4) is 0 Å². The molecule has 0 radical (unpaired) electrons. The Bertz CT molecular complexity index is 562. The second-order valence-corrected chi connectivity index (χ2v) is 8.16. The zero-order chi connectivity index (χ0) is 14.0. The van der Waals surface area contributed by atoms with E-state index in [9.17, 15) is 13.2 Å². The van der Waals surface area contributed by atoms with Gasteiger partial charge in [0.05, 0.1) is 22.0 Å². The summed E-state index contributed by atoms with van der Waals surface area (Å²) in [4.78, 5) is 14.6. The second kappa shape index (κ2) is 5.88. The molecular weight excluding hydrogens is 308 g/mol. The Labute approximate surface area is 121 Å². The van der Waals surface area contributed by atoms with E-state index in [0.717, 1.165) is 0 Å². The van der Waals surface area contributed by atoms with Crippen molar-refractivity contribution in [1.29, 1.82) is 0 Å². The van der Waals surface area contributed by atoms with Crippen molar-refractivity contribution in [1.82, 2.24) is 9.21 Å². The molecule has 1 saturated heterocycles. The molecule has 1 aliphatic rings. The first-order chi connectivity index (χ1) is 8.86. The lowest BCUT2D eigenvalue weighted by Gasteiger charge is -2.32. The number of sulfonamides is 1. The minimum absolute atomic E-state index is 0.0321. The summed E-state index contributed by atoms with van der Waals surface area (Å²) in [5.41, 5.74) is 0. The molecule has 0 N–H and O–H groups in total. The van der Waals surface area contributed by atoms with Crippen LogP contribution in [-0.4, -0.2) is 62.4 Å². The maximum absolute atomic E-state index is 12.0. The lowest BCUT2D eigenvalue weighted by Crippen LogP contribution is -2.49. The van der Waals surface area contributed by atoms with E-state index in [0.29, 0.717) is 41.9 Å². The Hall–Kier alpha value is -0.470. The number of carbonyl (C=O) groups excluding carboxylic acids is 1. The lowest BCUT2D eigenvalue weighted by molar-refractivity contribution is 0.0906. The molecule has 1 aliphatic heterocycles. The third-order valence-electron chi connectivity index (χ3n) is 3.02. The first-order valence-electron chi connectivity index (χ1n) is 5.82. The Morgan fingerprint density at radius 1 is 1.32 bits per heavy atom. The highest BCUT2D eigenvalue weighted by atomic mass is 35.5. The monoisotopic (exact) mass is 322 g/mol. The van der Waals surface area contributed by atoms with Crippen LogP contribution in [0.4, 0.5) is 0 Å². The average Bonchev–Trinajstić information content (AvgIpc) is 2.75. The highest BCUT2D eigenvalue weighted by Crippen LogP contribution is 2.22. The maximum Gasteiger partial charge on any atom is 0.211 e. The number of ketones is 1. The van der Waals surface area contributed by atoms with Crippen LogP contribution < -0.4 is 0 Å². The van der Waals surface area contributed by atoms with Crippen molar-refractivity contribution in [3.8, 4) is 0 Å². The van der Waals surface area contributed by atoms with Crippen LogP contribution in [0.1, 0.15) is 9.67 Å². The number of hydrogen-bond acceptors (Lipinski definition) is 5. The van der Waals surface area contributed by atoms with Crippen LogP contribution in [0.25, 0.3) is 0 Å². The second-order valence-electron chi connectivity index (χ2n) is 4.47. The summed E-state index contributed by atoms with van der Waals surface area (Å²) < 4.78 is 24.8. The molecule has 19 heavy (non-hydrogen) atoms. The Morgan fingerprint density at radius 2 is 1.95 bits per heavy atom. The first kappa shape index (κ1) is 14.9. The minimum Gasteiger partial charge on any atom is -0.293 e. The molecule has 0 saturated carbocycles. The zero-order valence-corrected chi connectivity index (χ0v) is 12.9. The van der Waals surface area contributed by atoms with Crippen molar-refractivity contribution in [3.05, 3.63) is 21.3 Å². The quantitative estimate of drug-likeness (QED) is 0.781. The van der Waals surface area contributed by atoms with E-state index in [1.165, 1.54) is 21.9 Å². The van der Waals surface area contributed by atoms with Gasteiger partial charge in [-0.3, -0.25) is 9.69 Å². The van der Waals surface area contributed by atoms with Crippen LogP contribution in [-0.2, 0) is 10.0 Å². The Balaban J connectivity index is 1.88. The predicted molar refractivity (Wildman–Crippen MR) is 76.5 cm³/mol. The number of hydrogen-bond donors (Lipinski definition) is 0. The number of halogens is 1. The van der Waals surface area contributed by atoms with Gasteiger partial charge in [-0.05, 0) is 12.1 Å². The fourth-order valence-corrected chi connectivity index (χ4v) is 3.76. The fraction of sp³-hybridized carbons (Fsp3) is 0.545. The maximum atomic E-state index is 12.0. The van der Waals surface area contributed by atoms with E-state index in [4.69, 9.17) is 11.6 Å². The SMILES string of the molecule is CS(=O)(=O)N1CCN(CC(=O)c2ccc(Cl)s2)CC1. The molecule has 106 valence electrons. The first-order valence-corrected chi connectivity index (χ1v) is 8.86.